The van der Waals surface area contributed by atoms with Crippen LogP contribution in [0.25, 0.3) is 5.57 Å². The maximum Gasteiger partial charge on any atom is 0.123 e. The molecule has 0 spiro atoms. The number of nitrogens with two attached hydrogens (primary N) is 1. The van der Waals surface area contributed by atoms with Crippen molar-refractivity contribution in [1.82, 2.24) is 0 Å². The lowest BCUT2D eigenvalue weighted by atomic mass is 9.96. The third-order valence-electron chi connectivity index (χ3n) is 2.95. The predicted molar refractivity (Wildman–Crippen MR) is 73.4 cm³/mol. The monoisotopic (exact) mass is 241 g/mol. The topological polar surface area (TPSA) is 26.0 Å². The quantitative estimate of drug-likeness (QED) is 0.862. The van der Waals surface area contributed by atoms with Gasteiger partial charge in [-0.1, -0.05) is 49.0 Å². The van der Waals surface area contributed by atoms with E-state index in [-0.39, 0.29) is 11.9 Å². The van der Waals surface area contributed by atoms with Crippen molar-refractivity contribution in [1.29, 1.82) is 0 Å². The molecule has 0 aliphatic heterocycles. The van der Waals surface area contributed by atoms with E-state index in [2.05, 4.69) is 6.58 Å². The van der Waals surface area contributed by atoms with Crippen LogP contribution in [0.2, 0.25) is 0 Å². The van der Waals surface area contributed by atoms with Crippen molar-refractivity contribution in [3.63, 3.8) is 0 Å². The molecular weight excluding hydrogens is 225 g/mol. The molecule has 0 aliphatic carbocycles. The van der Waals surface area contributed by atoms with Gasteiger partial charge in [0.25, 0.3) is 0 Å². The van der Waals surface area contributed by atoms with E-state index in [0.29, 0.717) is 6.42 Å². The molecule has 18 heavy (non-hydrogen) atoms. The zero-order valence-electron chi connectivity index (χ0n) is 10.1. The molecule has 2 heteroatoms. The van der Waals surface area contributed by atoms with Crippen LogP contribution in [-0.4, -0.2) is 0 Å². The van der Waals surface area contributed by atoms with Gasteiger partial charge >= 0.3 is 0 Å². The summed E-state index contributed by atoms with van der Waals surface area (Å²) in [5.41, 5.74) is 9.07. The Balaban J connectivity index is 2.06. The average Bonchev–Trinajstić information content (AvgIpc) is 2.40. The number of halogens is 1. The van der Waals surface area contributed by atoms with Crippen LogP contribution in [0.5, 0.6) is 0 Å². The molecule has 0 bridgehead atoms. The van der Waals surface area contributed by atoms with Gasteiger partial charge in [-0.3, -0.25) is 0 Å². The van der Waals surface area contributed by atoms with Crippen molar-refractivity contribution in [2.45, 2.75) is 12.5 Å². The maximum absolute atomic E-state index is 12.8. The lowest BCUT2D eigenvalue weighted by Crippen LogP contribution is -2.10. The highest BCUT2D eigenvalue weighted by atomic mass is 19.1. The SMILES string of the molecule is C=C(CC(N)c1ccccc1)c1ccc(F)cc1. The molecule has 2 N–H and O–H groups in total. The zero-order valence-corrected chi connectivity index (χ0v) is 10.1. The molecule has 1 atom stereocenters. The molecule has 0 radical (unpaired) electrons. The van der Waals surface area contributed by atoms with Gasteiger partial charge in [0.05, 0.1) is 0 Å². The Bertz CT molecular complexity index is 517. The van der Waals surface area contributed by atoms with Crippen LogP contribution >= 0.6 is 0 Å². The first kappa shape index (κ1) is 12.5. The standard InChI is InChI=1S/C16H16FN/c1-12(13-7-9-15(17)10-8-13)11-16(18)14-5-3-2-4-6-14/h2-10,16H,1,11,18H2. The molecule has 0 saturated heterocycles. The number of hydrogen-bond donors (Lipinski definition) is 1. The second-order valence-electron chi connectivity index (χ2n) is 4.33. The van der Waals surface area contributed by atoms with Crippen LogP contribution in [0.15, 0.2) is 61.2 Å². The average molecular weight is 241 g/mol. The lowest BCUT2D eigenvalue weighted by Gasteiger charge is -2.14. The predicted octanol–water partition coefficient (Wildman–Crippen LogP) is 3.93. The Morgan fingerprint density at radius 1 is 1.06 bits per heavy atom. The van der Waals surface area contributed by atoms with E-state index >= 15 is 0 Å². The Labute approximate surface area is 107 Å². The summed E-state index contributed by atoms with van der Waals surface area (Å²) >= 11 is 0. The van der Waals surface area contributed by atoms with Gasteiger partial charge in [-0.2, -0.15) is 0 Å². The van der Waals surface area contributed by atoms with Gasteiger partial charge in [0, 0.05) is 6.04 Å². The minimum atomic E-state index is -0.237. The number of benzene rings is 2. The minimum Gasteiger partial charge on any atom is -0.324 e. The fourth-order valence-electron chi connectivity index (χ4n) is 1.89. The molecule has 0 aliphatic rings. The van der Waals surface area contributed by atoms with Crippen molar-refractivity contribution < 1.29 is 4.39 Å². The first-order valence-electron chi connectivity index (χ1n) is 5.91. The summed E-state index contributed by atoms with van der Waals surface area (Å²) < 4.78 is 12.8. The Morgan fingerprint density at radius 2 is 1.67 bits per heavy atom. The summed E-state index contributed by atoms with van der Waals surface area (Å²) in [5, 5.41) is 0. The van der Waals surface area contributed by atoms with Crippen molar-refractivity contribution in [3.05, 3.63) is 78.1 Å². The summed E-state index contributed by atoms with van der Waals surface area (Å²) in [6.07, 6.45) is 0.662. The van der Waals surface area contributed by atoms with Gasteiger partial charge in [0.15, 0.2) is 0 Å². The van der Waals surface area contributed by atoms with Crippen LogP contribution < -0.4 is 5.73 Å². The van der Waals surface area contributed by atoms with E-state index in [9.17, 15) is 4.39 Å². The van der Waals surface area contributed by atoms with Crippen LogP contribution in [-0.2, 0) is 0 Å². The first-order chi connectivity index (χ1) is 8.66. The van der Waals surface area contributed by atoms with Crippen molar-refractivity contribution >= 4 is 5.57 Å². The molecule has 0 saturated carbocycles. The van der Waals surface area contributed by atoms with Crippen LogP contribution in [0.4, 0.5) is 4.39 Å². The molecule has 2 aromatic carbocycles. The van der Waals surface area contributed by atoms with Crippen LogP contribution in [0.1, 0.15) is 23.6 Å². The van der Waals surface area contributed by atoms with Crippen molar-refractivity contribution in [2.24, 2.45) is 5.73 Å². The molecule has 0 heterocycles. The summed E-state index contributed by atoms with van der Waals surface area (Å²) in [6, 6.07) is 16.2. The van der Waals surface area contributed by atoms with Gasteiger partial charge in [-0.25, -0.2) is 4.39 Å². The van der Waals surface area contributed by atoms with Gasteiger partial charge in [-0.15, -0.1) is 0 Å². The van der Waals surface area contributed by atoms with E-state index in [1.54, 1.807) is 12.1 Å². The molecule has 0 amide bonds. The molecule has 2 aromatic rings. The highest BCUT2D eigenvalue weighted by Gasteiger charge is 2.08. The molecule has 2 rings (SSSR count). The second-order valence-corrected chi connectivity index (χ2v) is 4.33. The smallest absolute Gasteiger partial charge is 0.123 e. The van der Waals surface area contributed by atoms with E-state index in [0.717, 1.165) is 16.7 Å². The molecular formula is C16H16FN. The van der Waals surface area contributed by atoms with E-state index in [1.165, 1.54) is 12.1 Å². The number of rotatable bonds is 4. The summed E-state index contributed by atoms with van der Waals surface area (Å²) in [7, 11) is 0. The summed E-state index contributed by atoms with van der Waals surface area (Å²) in [5.74, 6) is -0.237. The van der Waals surface area contributed by atoms with Crippen molar-refractivity contribution in [3.8, 4) is 0 Å². The van der Waals surface area contributed by atoms with Gasteiger partial charge in [-0.05, 0) is 35.3 Å². The summed E-state index contributed by atoms with van der Waals surface area (Å²) in [4.78, 5) is 0. The highest BCUT2D eigenvalue weighted by molar-refractivity contribution is 5.63. The maximum atomic E-state index is 12.8. The number of hydrogen-bond acceptors (Lipinski definition) is 1. The molecule has 1 unspecified atom stereocenters. The second kappa shape index (κ2) is 5.61. The van der Waals surface area contributed by atoms with Gasteiger partial charge < -0.3 is 5.73 Å². The van der Waals surface area contributed by atoms with Crippen molar-refractivity contribution in [2.75, 3.05) is 0 Å². The Kier molecular flexibility index (Phi) is 3.90. The molecule has 92 valence electrons. The zero-order chi connectivity index (χ0) is 13.0. The van der Waals surface area contributed by atoms with Crippen LogP contribution in [0, 0.1) is 5.82 Å². The fourth-order valence-corrected chi connectivity index (χ4v) is 1.89. The highest BCUT2D eigenvalue weighted by Crippen LogP contribution is 2.24. The third-order valence-corrected chi connectivity index (χ3v) is 2.95. The minimum absolute atomic E-state index is 0.0799. The third kappa shape index (κ3) is 3.05. The first-order valence-corrected chi connectivity index (χ1v) is 5.91. The van der Waals surface area contributed by atoms with E-state index < -0.39 is 0 Å². The molecule has 0 fully saturated rings. The van der Waals surface area contributed by atoms with Gasteiger partial charge in [0.2, 0.25) is 0 Å². The Hall–Kier alpha value is -1.93. The molecule has 1 nitrogen and oxygen atoms in total. The normalized spacial score (nSPS) is 12.1. The molecule has 0 aromatic heterocycles. The van der Waals surface area contributed by atoms with Gasteiger partial charge in [0.1, 0.15) is 5.82 Å². The largest absolute Gasteiger partial charge is 0.324 e. The van der Waals surface area contributed by atoms with E-state index in [4.69, 9.17) is 5.73 Å². The Morgan fingerprint density at radius 3 is 2.28 bits per heavy atom. The lowest BCUT2D eigenvalue weighted by molar-refractivity contribution is 0.627. The summed E-state index contributed by atoms with van der Waals surface area (Å²) in [6.45, 7) is 4.02. The fraction of sp³-hybridized carbons (Fsp3) is 0.125. The van der Waals surface area contributed by atoms with E-state index in [1.807, 2.05) is 30.3 Å². The van der Waals surface area contributed by atoms with Crippen LogP contribution in [0.3, 0.4) is 0 Å².